The van der Waals surface area contributed by atoms with Gasteiger partial charge in [0, 0.05) is 13.2 Å². The number of phosphoric ester groups is 1. The molecule has 0 bridgehead atoms. The highest BCUT2D eigenvalue weighted by atomic mass is 31.2. The van der Waals surface area contributed by atoms with E-state index >= 15 is 0 Å². The second-order valence-corrected chi connectivity index (χ2v) is 12.0. The highest BCUT2D eigenvalue weighted by Gasteiger charge is 2.27. The maximum atomic E-state index is 12.3. The van der Waals surface area contributed by atoms with Gasteiger partial charge >= 0.3 is 7.82 Å². The summed E-state index contributed by atoms with van der Waals surface area (Å²) in [7, 11) is 1.82. The van der Waals surface area contributed by atoms with Crippen molar-refractivity contribution in [3.63, 3.8) is 0 Å². The molecule has 1 heterocycles. The van der Waals surface area contributed by atoms with Crippen LogP contribution < -0.4 is 5.73 Å². The number of nitrogens with zero attached hydrogens (tertiary/aromatic N) is 1. The highest BCUT2D eigenvalue weighted by Crippen LogP contribution is 2.43. The Bertz CT molecular complexity index is 542. The highest BCUT2D eigenvalue weighted by molar-refractivity contribution is 7.47. The first-order chi connectivity index (χ1) is 16.7. The van der Waals surface area contributed by atoms with Crippen molar-refractivity contribution >= 4 is 7.82 Å². The van der Waals surface area contributed by atoms with E-state index in [-0.39, 0.29) is 19.5 Å². The van der Waals surface area contributed by atoms with Gasteiger partial charge in [0.15, 0.2) is 6.29 Å². The molecular weight excluding hydrogens is 471 g/mol. The molecule has 3 atom stereocenters. The Morgan fingerprint density at radius 1 is 0.914 bits per heavy atom. The topological polar surface area (TPSA) is 109 Å². The zero-order valence-electron chi connectivity index (χ0n) is 22.7. The maximum absolute atomic E-state index is 12.3. The number of hydrogen-bond donors (Lipinski definition) is 2. The first kappa shape index (κ1) is 32.9. The Balaban J connectivity index is 2.22. The summed E-state index contributed by atoms with van der Waals surface area (Å²) < 4.78 is 40.7. The number of ether oxygens (including phenoxy) is 3. The lowest BCUT2D eigenvalue weighted by molar-refractivity contribution is -0.870. The van der Waals surface area contributed by atoms with Gasteiger partial charge in [0.1, 0.15) is 19.3 Å². The van der Waals surface area contributed by atoms with E-state index in [9.17, 15) is 9.46 Å². The van der Waals surface area contributed by atoms with Gasteiger partial charge in [-0.2, -0.15) is 0 Å². The minimum Gasteiger partial charge on any atom is -0.379 e. The number of hydrogen-bond acceptors (Lipinski definition) is 7. The Morgan fingerprint density at radius 3 is 2.11 bits per heavy atom. The molecule has 1 rings (SSSR count). The van der Waals surface area contributed by atoms with Crippen LogP contribution in [0, 0.1) is 0 Å². The number of likely N-dealkylation sites (N-methyl/N-ethyl adjacent to an activating group) is 1. The van der Waals surface area contributed by atoms with E-state index in [2.05, 4.69) is 0 Å². The third kappa shape index (κ3) is 20.6. The summed E-state index contributed by atoms with van der Waals surface area (Å²) >= 11 is 0. The van der Waals surface area contributed by atoms with Crippen LogP contribution in [0.1, 0.15) is 83.5 Å². The van der Waals surface area contributed by atoms with Crippen molar-refractivity contribution in [3.05, 3.63) is 0 Å². The molecule has 1 aliphatic rings. The van der Waals surface area contributed by atoms with Crippen molar-refractivity contribution in [2.75, 3.05) is 67.3 Å². The maximum Gasteiger partial charge on any atom is 0.472 e. The lowest BCUT2D eigenvalue weighted by atomic mass is 10.1. The fourth-order valence-electron chi connectivity index (χ4n) is 3.78. The average molecular weight is 526 g/mol. The molecule has 0 saturated carbocycles. The molecule has 0 spiro atoms. The van der Waals surface area contributed by atoms with Crippen molar-refractivity contribution in [1.29, 1.82) is 0 Å². The smallest absolute Gasteiger partial charge is 0.379 e. The molecule has 0 aromatic heterocycles. The van der Waals surface area contributed by atoms with Crippen LogP contribution in [0.3, 0.4) is 0 Å². The lowest BCUT2D eigenvalue weighted by Gasteiger charge is -2.28. The Hall–Kier alpha value is -0.0900. The molecule has 0 aromatic carbocycles. The van der Waals surface area contributed by atoms with E-state index in [0.29, 0.717) is 30.8 Å². The van der Waals surface area contributed by atoms with Gasteiger partial charge in [-0.25, -0.2) is 4.57 Å². The van der Waals surface area contributed by atoms with Gasteiger partial charge in [-0.1, -0.05) is 51.4 Å². The largest absolute Gasteiger partial charge is 0.472 e. The van der Waals surface area contributed by atoms with Crippen LogP contribution in [0.15, 0.2) is 0 Å². The zero-order chi connectivity index (χ0) is 25.8. The minimum absolute atomic E-state index is 0.0801. The van der Waals surface area contributed by atoms with E-state index < -0.39 is 13.9 Å². The summed E-state index contributed by atoms with van der Waals surface area (Å²) in [5, 5.41) is 0. The number of quaternary nitrogens is 1. The first-order valence-corrected chi connectivity index (χ1v) is 15.2. The molecule has 3 N–H and O–H groups in total. The molecule has 1 aliphatic heterocycles. The molecule has 10 heteroatoms. The van der Waals surface area contributed by atoms with E-state index in [0.717, 1.165) is 45.1 Å². The average Bonchev–Trinajstić information content (AvgIpc) is 2.80. The van der Waals surface area contributed by atoms with Crippen LogP contribution in [0.2, 0.25) is 0 Å². The molecule has 1 fully saturated rings. The molecule has 210 valence electrons. The second-order valence-electron chi connectivity index (χ2n) is 10.6. The Morgan fingerprint density at radius 2 is 1.54 bits per heavy atom. The molecule has 0 aliphatic carbocycles. The number of rotatable bonds is 23. The van der Waals surface area contributed by atoms with Crippen LogP contribution in [0.4, 0.5) is 0 Å². The third-order valence-electron chi connectivity index (χ3n) is 5.97. The van der Waals surface area contributed by atoms with Crippen molar-refractivity contribution in [2.45, 2.75) is 95.9 Å². The van der Waals surface area contributed by atoms with E-state index in [1.54, 1.807) is 0 Å². The van der Waals surface area contributed by atoms with Gasteiger partial charge in [-0.3, -0.25) is 9.05 Å². The first-order valence-electron chi connectivity index (χ1n) is 13.7. The number of nitrogens with two attached hydrogens (primary N) is 1. The molecular formula is C25H54N2O7P+. The van der Waals surface area contributed by atoms with Crippen molar-refractivity contribution in [2.24, 2.45) is 5.73 Å². The van der Waals surface area contributed by atoms with Crippen molar-refractivity contribution in [1.82, 2.24) is 0 Å². The van der Waals surface area contributed by atoms with E-state index in [1.165, 1.54) is 44.9 Å². The fourth-order valence-corrected chi connectivity index (χ4v) is 4.52. The van der Waals surface area contributed by atoms with Gasteiger partial charge in [0.25, 0.3) is 0 Å². The van der Waals surface area contributed by atoms with Crippen LogP contribution in [0.25, 0.3) is 0 Å². The molecule has 0 radical (unpaired) electrons. The molecule has 0 aromatic rings. The Kier molecular flexibility index (Phi) is 18.8. The second kappa shape index (κ2) is 19.9. The van der Waals surface area contributed by atoms with Gasteiger partial charge in [-0.15, -0.1) is 0 Å². The van der Waals surface area contributed by atoms with E-state index in [4.69, 9.17) is 29.0 Å². The van der Waals surface area contributed by atoms with Crippen LogP contribution >= 0.6 is 7.82 Å². The normalized spacial score (nSPS) is 19.5. The standard InChI is InChI=1S/C25H53N2O7P/c1-27(2,3)18-21-32-35(28,29)33-23-24(34-25-16-12-15-20-31-25)22-30-19-14-11-9-7-5-4-6-8-10-13-17-26/h24-25H,4-23,26H2,1-3H3/p+1/t24-,25?/m1/s1. The van der Waals surface area contributed by atoms with E-state index in [1.807, 2.05) is 21.1 Å². The quantitative estimate of drug-likeness (QED) is 0.113. The SMILES string of the molecule is C[N+](C)(C)CCOP(=O)(O)OC[C@@H](COCCCCCCCCCCCCN)OC1CCCCO1. The number of phosphoric acid groups is 1. The van der Waals surface area contributed by atoms with Crippen LogP contribution in [-0.4, -0.2) is 89.0 Å². The molecule has 0 amide bonds. The van der Waals surface area contributed by atoms with Gasteiger partial charge in [0.2, 0.25) is 0 Å². The summed E-state index contributed by atoms with van der Waals surface area (Å²) in [6.07, 6.45) is 14.4. The van der Waals surface area contributed by atoms with Crippen molar-refractivity contribution < 1.29 is 37.2 Å². The monoisotopic (exact) mass is 525 g/mol. The Labute approximate surface area is 214 Å². The summed E-state index contributed by atoms with van der Waals surface area (Å²) in [5.74, 6) is 0. The zero-order valence-corrected chi connectivity index (χ0v) is 23.6. The molecule has 35 heavy (non-hydrogen) atoms. The predicted octanol–water partition coefficient (Wildman–Crippen LogP) is 4.61. The summed E-state index contributed by atoms with van der Waals surface area (Å²) in [6, 6.07) is 0. The van der Waals surface area contributed by atoms with Crippen LogP contribution in [0.5, 0.6) is 0 Å². The molecule has 9 nitrogen and oxygen atoms in total. The minimum atomic E-state index is -4.15. The number of unbranched alkanes of at least 4 members (excludes halogenated alkanes) is 9. The van der Waals surface area contributed by atoms with Gasteiger partial charge in [-0.05, 0) is 38.6 Å². The summed E-state index contributed by atoms with van der Waals surface area (Å²) in [6.45, 7) is 3.07. The third-order valence-corrected chi connectivity index (χ3v) is 6.95. The molecule has 2 unspecified atom stereocenters. The van der Waals surface area contributed by atoms with Crippen molar-refractivity contribution in [3.8, 4) is 0 Å². The molecule has 1 saturated heterocycles. The lowest BCUT2D eigenvalue weighted by Crippen LogP contribution is -2.37. The van der Waals surface area contributed by atoms with Gasteiger partial charge < -0.3 is 29.3 Å². The predicted molar refractivity (Wildman–Crippen MR) is 139 cm³/mol. The fraction of sp³-hybridized carbons (Fsp3) is 1.00. The summed E-state index contributed by atoms with van der Waals surface area (Å²) in [4.78, 5) is 10.0. The van der Waals surface area contributed by atoms with Crippen LogP contribution in [-0.2, 0) is 27.8 Å². The van der Waals surface area contributed by atoms with Gasteiger partial charge in [0.05, 0.1) is 34.4 Å². The summed E-state index contributed by atoms with van der Waals surface area (Å²) in [5.41, 5.74) is 5.52.